The molecule has 1 aromatic rings. The lowest BCUT2D eigenvalue weighted by atomic mass is 10.00. The number of aromatic amines is 1. The molecule has 2 atom stereocenters. The Kier molecular flexibility index (Phi) is 1.000. The number of hydrogen-bond donors (Lipinski definition) is 2. The Morgan fingerprint density at radius 3 is 3.08 bits per heavy atom. The number of H-pyrrole nitrogens is 1. The maximum Gasteiger partial charge on any atom is 0.145 e. The van der Waals surface area contributed by atoms with Crippen molar-refractivity contribution in [3.05, 3.63) is 11.8 Å². The van der Waals surface area contributed by atoms with Crippen molar-refractivity contribution in [3.63, 3.8) is 0 Å². The molecule has 3 heteroatoms. The minimum Gasteiger partial charge on any atom is -0.382 e. The summed E-state index contributed by atoms with van der Waals surface area (Å²) >= 11 is 0. The molecule has 2 unspecified atom stereocenters. The minimum absolute atomic E-state index is 0.477. The molecule has 0 aliphatic heterocycles. The molecule has 2 aliphatic rings. The molecule has 1 aromatic heterocycles. The van der Waals surface area contributed by atoms with Gasteiger partial charge in [0.15, 0.2) is 0 Å². The van der Waals surface area contributed by atoms with Crippen LogP contribution in [0, 0.1) is 5.92 Å². The van der Waals surface area contributed by atoms with E-state index in [4.69, 9.17) is 5.73 Å². The Bertz CT molecular complexity index is 317. The Labute approximate surface area is 71.3 Å². The molecule has 2 aliphatic carbocycles. The van der Waals surface area contributed by atoms with Crippen LogP contribution < -0.4 is 5.73 Å². The van der Waals surface area contributed by atoms with E-state index in [0.717, 1.165) is 5.92 Å². The van der Waals surface area contributed by atoms with Gasteiger partial charge in [-0.2, -0.15) is 5.10 Å². The normalized spacial score (nSPS) is 38.2. The molecule has 12 heavy (non-hydrogen) atoms. The first-order valence-electron chi connectivity index (χ1n) is 4.63. The number of aromatic nitrogens is 2. The third kappa shape index (κ3) is 0.642. The van der Waals surface area contributed by atoms with Crippen molar-refractivity contribution >= 4 is 5.82 Å². The Hall–Kier alpha value is -0.990. The van der Waals surface area contributed by atoms with E-state index in [1.807, 2.05) is 6.07 Å². The van der Waals surface area contributed by atoms with Crippen LogP contribution in [0.2, 0.25) is 0 Å². The summed E-state index contributed by atoms with van der Waals surface area (Å²) in [5.74, 6) is 1.56. The van der Waals surface area contributed by atoms with Gasteiger partial charge in [0.2, 0.25) is 0 Å². The minimum atomic E-state index is 0.477. The van der Waals surface area contributed by atoms with Gasteiger partial charge in [0.05, 0.1) is 0 Å². The molecule has 0 saturated heterocycles. The summed E-state index contributed by atoms with van der Waals surface area (Å²) in [5, 5.41) is 7.04. The number of nitrogens with one attached hydrogen (secondary N) is 1. The molecular weight excluding hydrogens is 150 g/mol. The van der Waals surface area contributed by atoms with Gasteiger partial charge in [-0.3, -0.25) is 5.10 Å². The highest BCUT2D eigenvalue weighted by molar-refractivity contribution is 5.38. The molecule has 0 spiro atoms. The summed E-state index contributed by atoms with van der Waals surface area (Å²) in [6.07, 6.45) is 5.47. The van der Waals surface area contributed by atoms with Crippen LogP contribution in [0.1, 0.15) is 31.4 Å². The average Bonchev–Trinajstić information content (AvgIpc) is 2.50. The van der Waals surface area contributed by atoms with Crippen molar-refractivity contribution < 1.29 is 0 Å². The smallest absolute Gasteiger partial charge is 0.145 e. The van der Waals surface area contributed by atoms with E-state index < -0.39 is 0 Å². The molecule has 2 fully saturated rings. The van der Waals surface area contributed by atoms with Crippen LogP contribution in [0.5, 0.6) is 0 Å². The first-order valence-corrected chi connectivity index (χ1v) is 4.63. The van der Waals surface area contributed by atoms with Gasteiger partial charge in [-0.05, 0) is 25.2 Å². The van der Waals surface area contributed by atoms with Crippen LogP contribution in [0.25, 0.3) is 0 Å². The molecule has 2 saturated carbocycles. The van der Waals surface area contributed by atoms with Crippen LogP contribution in [-0.2, 0) is 5.41 Å². The van der Waals surface area contributed by atoms with Gasteiger partial charge in [-0.1, -0.05) is 6.42 Å². The van der Waals surface area contributed by atoms with Gasteiger partial charge in [-0.25, -0.2) is 0 Å². The van der Waals surface area contributed by atoms with Crippen molar-refractivity contribution in [2.24, 2.45) is 5.92 Å². The van der Waals surface area contributed by atoms with Gasteiger partial charge in [-0.15, -0.1) is 0 Å². The second-order valence-electron chi connectivity index (χ2n) is 4.16. The summed E-state index contributed by atoms with van der Waals surface area (Å²) < 4.78 is 0. The number of hydrogen-bond acceptors (Lipinski definition) is 2. The van der Waals surface area contributed by atoms with Crippen LogP contribution in [0.4, 0.5) is 5.82 Å². The molecule has 0 radical (unpaired) electrons. The van der Waals surface area contributed by atoms with E-state index in [1.165, 1.54) is 31.4 Å². The monoisotopic (exact) mass is 163 g/mol. The molecule has 0 amide bonds. The second kappa shape index (κ2) is 1.84. The molecule has 3 N–H and O–H groups in total. The van der Waals surface area contributed by atoms with Crippen molar-refractivity contribution in [1.29, 1.82) is 0 Å². The van der Waals surface area contributed by atoms with Gasteiger partial charge >= 0.3 is 0 Å². The van der Waals surface area contributed by atoms with Gasteiger partial charge in [0, 0.05) is 17.2 Å². The van der Waals surface area contributed by atoms with E-state index in [0.29, 0.717) is 11.2 Å². The standard InChI is InChI=1S/C9H13N3/c10-8-4-7(11-12-8)9-3-1-2-6(9)5-9/h4,6H,1-3,5H2,(H3,10,11,12). The number of nitrogens with zero attached hydrogens (tertiary/aromatic N) is 1. The van der Waals surface area contributed by atoms with Crippen LogP contribution >= 0.6 is 0 Å². The predicted molar refractivity (Wildman–Crippen MR) is 46.6 cm³/mol. The second-order valence-corrected chi connectivity index (χ2v) is 4.16. The zero-order valence-electron chi connectivity index (χ0n) is 7.01. The summed E-state index contributed by atoms with van der Waals surface area (Å²) in [6, 6.07) is 2.01. The van der Waals surface area contributed by atoms with E-state index in [1.54, 1.807) is 0 Å². The van der Waals surface area contributed by atoms with Gasteiger partial charge < -0.3 is 5.73 Å². The first kappa shape index (κ1) is 6.52. The van der Waals surface area contributed by atoms with Crippen molar-refractivity contribution in [2.45, 2.75) is 31.1 Å². The average molecular weight is 163 g/mol. The maximum absolute atomic E-state index is 5.58. The highest BCUT2D eigenvalue weighted by Crippen LogP contribution is 2.63. The number of fused-ring (bicyclic) bond motifs is 1. The highest BCUT2D eigenvalue weighted by atomic mass is 15.2. The lowest BCUT2D eigenvalue weighted by molar-refractivity contribution is 0.633. The fourth-order valence-electron chi connectivity index (χ4n) is 2.79. The zero-order valence-corrected chi connectivity index (χ0v) is 7.01. The Morgan fingerprint density at radius 2 is 2.58 bits per heavy atom. The van der Waals surface area contributed by atoms with E-state index >= 15 is 0 Å². The quantitative estimate of drug-likeness (QED) is 0.658. The van der Waals surface area contributed by atoms with Gasteiger partial charge in [0.25, 0.3) is 0 Å². The maximum atomic E-state index is 5.58. The number of rotatable bonds is 1. The molecule has 0 bridgehead atoms. The predicted octanol–water partition coefficient (Wildman–Crippen LogP) is 1.43. The lowest BCUT2D eigenvalue weighted by Gasteiger charge is -2.06. The topological polar surface area (TPSA) is 54.7 Å². The van der Waals surface area contributed by atoms with Gasteiger partial charge in [0.1, 0.15) is 5.82 Å². The SMILES string of the molecule is Nc1cc(C23CCCC2C3)[nH]n1. The molecule has 64 valence electrons. The molecule has 3 nitrogen and oxygen atoms in total. The third-order valence-corrected chi connectivity index (χ3v) is 3.54. The first-order chi connectivity index (χ1) is 5.81. The third-order valence-electron chi connectivity index (χ3n) is 3.54. The largest absolute Gasteiger partial charge is 0.382 e. The van der Waals surface area contributed by atoms with Crippen molar-refractivity contribution in [1.82, 2.24) is 10.2 Å². The van der Waals surface area contributed by atoms with Crippen LogP contribution in [-0.4, -0.2) is 10.2 Å². The van der Waals surface area contributed by atoms with Crippen LogP contribution in [0.15, 0.2) is 6.07 Å². The fourth-order valence-corrected chi connectivity index (χ4v) is 2.79. The summed E-state index contributed by atoms with van der Waals surface area (Å²) in [6.45, 7) is 0. The summed E-state index contributed by atoms with van der Waals surface area (Å²) in [7, 11) is 0. The number of nitrogens with two attached hydrogens (primary N) is 1. The molecular formula is C9H13N3. The Morgan fingerprint density at radius 1 is 1.67 bits per heavy atom. The van der Waals surface area contributed by atoms with E-state index in [-0.39, 0.29) is 0 Å². The van der Waals surface area contributed by atoms with E-state index in [2.05, 4.69) is 10.2 Å². The van der Waals surface area contributed by atoms with Crippen LogP contribution in [0.3, 0.4) is 0 Å². The number of nitrogen functional groups attached to an aromatic ring is 1. The highest BCUT2D eigenvalue weighted by Gasteiger charge is 2.58. The zero-order chi connectivity index (χ0) is 8.18. The number of anilines is 1. The molecule has 1 heterocycles. The summed E-state index contributed by atoms with van der Waals surface area (Å²) in [5.41, 5.74) is 7.34. The van der Waals surface area contributed by atoms with E-state index in [9.17, 15) is 0 Å². The fraction of sp³-hybridized carbons (Fsp3) is 0.667. The van der Waals surface area contributed by atoms with Crippen molar-refractivity contribution in [2.75, 3.05) is 5.73 Å². The summed E-state index contributed by atoms with van der Waals surface area (Å²) in [4.78, 5) is 0. The van der Waals surface area contributed by atoms with Crippen molar-refractivity contribution in [3.8, 4) is 0 Å². The molecule has 0 aromatic carbocycles. The molecule has 3 rings (SSSR count). The lowest BCUT2D eigenvalue weighted by Crippen LogP contribution is -2.05. The Balaban J connectivity index is 1.99.